The van der Waals surface area contributed by atoms with E-state index in [0.29, 0.717) is 11.6 Å². The van der Waals surface area contributed by atoms with Crippen LogP contribution in [0.15, 0.2) is 57.9 Å². The van der Waals surface area contributed by atoms with Crippen LogP contribution in [0.2, 0.25) is 0 Å². The Balaban J connectivity index is 1.73. The van der Waals surface area contributed by atoms with Gasteiger partial charge in [0.25, 0.3) is 10.0 Å². The first-order valence-corrected chi connectivity index (χ1v) is 9.52. The molecule has 0 aliphatic rings. The summed E-state index contributed by atoms with van der Waals surface area (Å²) in [6, 6.07) is 8.62. The van der Waals surface area contributed by atoms with Crippen LogP contribution < -0.4 is 4.72 Å². The number of aromatic nitrogens is 2. The lowest BCUT2D eigenvalue weighted by molar-refractivity contribution is -0.159. The molecule has 160 valence electrons. The largest absolute Gasteiger partial charge is 0.471 e. The zero-order valence-corrected chi connectivity index (χ0v) is 15.4. The fraction of sp³-hybridized carbons (Fsp3) is 0.176. The monoisotopic (exact) mass is 451 g/mol. The third-order valence-corrected chi connectivity index (χ3v) is 5.13. The SMILES string of the molecule is O=S(=O)(Nc1ccc(Cc2noc(C(F)(F)F)n2)cc1)c1cccc(C(F)(F)F)c1. The highest BCUT2D eigenvalue weighted by molar-refractivity contribution is 7.92. The number of halogens is 6. The molecule has 0 aliphatic carbocycles. The minimum Gasteiger partial charge on any atom is -0.329 e. The molecule has 1 aromatic heterocycles. The number of rotatable bonds is 5. The first-order chi connectivity index (χ1) is 13.8. The number of nitrogens with one attached hydrogen (secondary N) is 1. The third-order valence-electron chi connectivity index (χ3n) is 3.75. The molecule has 1 heterocycles. The van der Waals surface area contributed by atoms with Gasteiger partial charge in [-0.05, 0) is 35.9 Å². The minimum atomic E-state index is -4.77. The molecular formula is C17H11F6N3O3S. The second-order valence-electron chi connectivity index (χ2n) is 6.02. The van der Waals surface area contributed by atoms with E-state index in [1.807, 2.05) is 0 Å². The molecule has 0 atom stereocenters. The van der Waals surface area contributed by atoms with Crippen LogP contribution in [0, 0.1) is 0 Å². The molecular weight excluding hydrogens is 440 g/mol. The van der Waals surface area contributed by atoms with Gasteiger partial charge in [0, 0.05) is 12.1 Å². The van der Waals surface area contributed by atoms with E-state index in [4.69, 9.17) is 0 Å². The summed E-state index contributed by atoms with van der Waals surface area (Å²) in [5.74, 6) is -1.71. The first-order valence-electron chi connectivity index (χ1n) is 8.03. The minimum absolute atomic E-state index is 0.0419. The molecule has 13 heteroatoms. The molecule has 3 aromatic rings. The van der Waals surface area contributed by atoms with Gasteiger partial charge in [0.2, 0.25) is 0 Å². The lowest BCUT2D eigenvalue weighted by Crippen LogP contribution is -2.14. The molecule has 0 amide bonds. The van der Waals surface area contributed by atoms with Gasteiger partial charge in [-0.2, -0.15) is 31.3 Å². The van der Waals surface area contributed by atoms with Gasteiger partial charge >= 0.3 is 18.2 Å². The van der Waals surface area contributed by atoms with E-state index < -0.39 is 38.7 Å². The Morgan fingerprint density at radius 1 is 0.933 bits per heavy atom. The number of anilines is 1. The maximum atomic E-state index is 12.8. The average molecular weight is 451 g/mol. The third kappa shape index (κ3) is 5.09. The molecule has 0 saturated carbocycles. The standard InChI is InChI=1S/C17H11F6N3O3S/c18-16(19,20)11-2-1-3-13(9-11)30(27,28)26-12-6-4-10(5-7-12)8-14-24-15(29-25-14)17(21,22)23/h1-7,9,26H,8H2. The molecule has 1 N–H and O–H groups in total. The molecule has 0 bridgehead atoms. The normalized spacial score (nSPS) is 12.7. The highest BCUT2D eigenvalue weighted by Crippen LogP contribution is 2.31. The molecule has 0 aliphatic heterocycles. The molecule has 0 fully saturated rings. The number of alkyl halides is 6. The number of benzene rings is 2. The van der Waals surface area contributed by atoms with Gasteiger partial charge < -0.3 is 4.52 Å². The van der Waals surface area contributed by atoms with Crippen LogP contribution in [0.3, 0.4) is 0 Å². The van der Waals surface area contributed by atoms with Crippen molar-refractivity contribution in [1.82, 2.24) is 10.1 Å². The van der Waals surface area contributed by atoms with Crippen molar-refractivity contribution in [3.8, 4) is 0 Å². The zero-order valence-electron chi connectivity index (χ0n) is 14.6. The van der Waals surface area contributed by atoms with Gasteiger partial charge in [0.1, 0.15) is 0 Å². The predicted octanol–water partition coefficient (Wildman–Crippen LogP) is 4.50. The smallest absolute Gasteiger partial charge is 0.329 e. The second-order valence-corrected chi connectivity index (χ2v) is 7.70. The molecule has 0 spiro atoms. The van der Waals surface area contributed by atoms with Crippen molar-refractivity contribution in [3.05, 3.63) is 71.4 Å². The van der Waals surface area contributed by atoms with Crippen molar-refractivity contribution in [3.63, 3.8) is 0 Å². The van der Waals surface area contributed by atoms with E-state index in [2.05, 4.69) is 19.4 Å². The second kappa shape index (κ2) is 7.63. The maximum absolute atomic E-state index is 12.8. The Bertz CT molecular complexity index is 1140. The van der Waals surface area contributed by atoms with E-state index in [0.717, 1.165) is 18.2 Å². The van der Waals surface area contributed by atoms with Crippen LogP contribution in [0.5, 0.6) is 0 Å². The fourth-order valence-electron chi connectivity index (χ4n) is 2.37. The lowest BCUT2D eigenvalue weighted by atomic mass is 10.1. The van der Waals surface area contributed by atoms with Crippen LogP contribution in [0.1, 0.15) is 22.8 Å². The molecule has 2 aromatic carbocycles. The van der Waals surface area contributed by atoms with Gasteiger partial charge in [-0.3, -0.25) is 4.72 Å². The highest BCUT2D eigenvalue weighted by atomic mass is 32.2. The molecule has 30 heavy (non-hydrogen) atoms. The maximum Gasteiger partial charge on any atom is 0.471 e. The van der Waals surface area contributed by atoms with Crippen LogP contribution in [-0.2, 0) is 28.8 Å². The van der Waals surface area contributed by atoms with Crippen LogP contribution in [0.25, 0.3) is 0 Å². The summed E-state index contributed by atoms with van der Waals surface area (Å²) < 4.78 is 107. The van der Waals surface area contributed by atoms with Crippen molar-refractivity contribution in [2.45, 2.75) is 23.7 Å². The van der Waals surface area contributed by atoms with Crippen molar-refractivity contribution in [1.29, 1.82) is 0 Å². The van der Waals surface area contributed by atoms with Crippen molar-refractivity contribution >= 4 is 15.7 Å². The summed E-state index contributed by atoms with van der Waals surface area (Å²) >= 11 is 0. The first kappa shape index (κ1) is 21.6. The fourth-order valence-corrected chi connectivity index (χ4v) is 3.47. The van der Waals surface area contributed by atoms with Gasteiger partial charge in [0.15, 0.2) is 5.82 Å². The number of sulfonamides is 1. The van der Waals surface area contributed by atoms with Crippen molar-refractivity contribution in [2.75, 3.05) is 4.72 Å². The van der Waals surface area contributed by atoms with Gasteiger partial charge in [-0.25, -0.2) is 8.42 Å². The Morgan fingerprint density at radius 3 is 2.17 bits per heavy atom. The van der Waals surface area contributed by atoms with Crippen molar-refractivity contribution in [2.24, 2.45) is 0 Å². The Labute approximate surface area is 165 Å². The van der Waals surface area contributed by atoms with Gasteiger partial charge in [-0.15, -0.1) is 0 Å². The highest BCUT2D eigenvalue weighted by Gasteiger charge is 2.38. The number of hydrogen-bond acceptors (Lipinski definition) is 5. The quantitative estimate of drug-likeness (QED) is 0.578. The summed E-state index contributed by atoms with van der Waals surface area (Å²) in [5, 5.41) is 3.22. The lowest BCUT2D eigenvalue weighted by Gasteiger charge is -2.11. The topological polar surface area (TPSA) is 85.1 Å². The molecule has 6 nitrogen and oxygen atoms in total. The van der Waals surface area contributed by atoms with Gasteiger partial charge in [0.05, 0.1) is 10.5 Å². The van der Waals surface area contributed by atoms with Crippen molar-refractivity contribution < 1.29 is 39.3 Å². The number of nitrogens with zero attached hydrogens (tertiary/aromatic N) is 2. The molecule has 0 radical (unpaired) electrons. The van der Waals surface area contributed by atoms with Crippen LogP contribution in [0.4, 0.5) is 32.0 Å². The summed E-state index contributed by atoms with van der Waals surface area (Å²) in [4.78, 5) is 2.64. The van der Waals surface area contributed by atoms with E-state index in [1.165, 1.54) is 24.3 Å². The van der Waals surface area contributed by atoms with E-state index >= 15 is 0 Å². The Kier molecular flexibility index (Phi) is 5.50. The molecule has 3 rings (SSSR count). The predicted molar refractivity (Wildman–Crippen MR) is 90.8 cm³/mol. The van der Waals surface area contributed by atoms with Crippen LogP contribution >= 0.6 is 0 Å². The summed E-state index contributed by atoms with van der Waals surface area (Å²) in [6.07, 6.45) is -9.58. The summed E-state index contributed by atoms with van der Waals surface area (Å²) in [6.45, 7) is 0. The van der Waals surface area contributed by atoms with E-state index in [1.54, 1.807) is 0 Å². The molecule has 0 saturated heterocycles. The number of hydrogen-bond donors (Lipinski definition) is 1. The Morgan fingerprint density at radius 2 is 1.60 bits per heavy atom. The average Bonchev–Trinajstić information content (AvgIpc) is 3.12. The van der Waals surface area contributed by atoms with Gasteiger partial charge in [-0.1, -0.05) is 23.4 Å². The zero-order chi connectivity index (χ0) is 22.2. The van der Waals surface area contributed by atoms with E-state index in [-0.39, 0.29) is 17.9 Å². The summed E-state index contributed by atoms with van der Waals surface area (Å²) in [5.41, 5.74) is -0.620. The summed E-state index contributed by atoms with van der Waals surface area (Å²) in [7, 11) is -4.30. The molecule has 0 unspecified atom stereocenters. The van der Waals surface area contributed by atoms with Crippen LogP contribution in [-0.4, -0.2) is 18.6 Å². The Hall–Kier alpha value is -3.09. The van der Waals surface area contributed by atoms with E-state index in [9.17, 15) is 34.8 Å².